The number of anilines is 1. The van der Waals surface area contributed by atoms with Gasteiger partial charge in [-0.15, -0.1) is 0 Å². The summed E-state index contributed by atoms with van der Waals surface area (Å²) >= 11 is 3.24. The normalized spacial score (nSPS) is 10.6. The van der Waals surface area contributed by atoms with Gasteiger partial charge in [0.1, 0.15) is 11.1 Å². The molecule has 1 aromatic rings. The molecule has 20 heavy (non-hydrogen) atoms. The monoisotopic (exact) mass is 347 g/mol. The molecule has 0 aliphatic rings. The van der Waals surface area contributed by atoms with Crippen LogP contribution in [0.3, 0.4) is 0 Å². The van der Waals surface area contributed by atoms with E-state index < -0.39 is 6.09 Å². The Morgan fingerprint density at radius 3 is 2.90 bits per heavy atom. The quantitative estimate of drug-likeness (QED) is 0.677. The van der Waals surface area contributed by atoms with Gasteiger partial charge >= 0.3 is 6.09 Å². The van der Waals surface area contributed by atoms with Crippen molar-refractivity contribution in [3.8, 4) is 0 Å². The second kappa shape index (κ2) is 7.85. The van der Waals surface area contributed by atoms with Gasteiger partial charge in [0.15, 0.2) is 0 Å². The first-order chi connectivity index (χ1) is 9.41. The van der Waals surface area contributed by atoms with Crippen molar-refractivity contribution in [1.82, 2.24) is 14.7 Å². The maximum Gasteiger partial charge on any atom is 0.404 e. The van der Waals surface area contributed by atoms with Gasteiger partial charge in [-0.2, -0.15) is 5.10 Å². The molecule has 0 bridgehead atoms. The average molecular weight is 348 g/mol. The van der Waals surface area contributed by atoms with E-state index in [0.29, 0.717) is 23.2 Å². The molecule has 0 unspecified atom stereocenters. The van der Waals surface area contributed by atoms with Crippen LogP contribution in [-0.4, -0.2) is 54.6 Å². The Morgan fingerprint density at radius 1 is 1.60 bits per heavy atom. The smallest absolute Gasteiger partial charge is 0.404 e. The lowest BCUT2D eigenvalue weighted by atomic mass is 10.4. The summed E-state index contributed by atoms with van der Waals surface area (Å²) in [6, 6.07) is 0. The highest BCUT2D eigenvalue weighted by Gasteiger charge is 2.08. The zero-order chi connectivity index (χ0) is 15.1. The van der Waals surface area contributed by atoms with Crippen LogP contribution in [0.5, 0.6) is 0 Å². The molecule has 0 saturated carbocycles. The Balaban J connectivity index is 2.64. The van der Waals surface area contributed by atoms with Crippen molar-refractivity contribution in [3.63, 3.8) is 0 Å². The van der Waals surface area contributed by atoms with Gasteiger partial charge < -0.3 is 20.7 Å². The van der Waals surface area contributed by atoms with Crippen LogP contribution < -0.4 is 16.6 Å². The van der Waals surface area contributed by atoms with Crippen LogP contribution in [0.1, 0.15) is 0 Å². The van der Waals surface area contributed by atoms with Gasteiger partial charge in [0, 0.05) is 13.1 Å². The number of primary amides is 1. The Bertz CT molecular complexity index is 517. The number of nitrogens with two attached hydrogens (primary N) is 1. The second-order valence-electron chi connectivity index (χ2n) is 4.30. The molecular weight excluding hydrogens is 330 g/mol. The van der Waals surface area contributed by atoms with Crippen LogP contribution in [0.25, 0.3) is 0 Å². The molecule has 0 radical (unpaired) electrons. The van der Waals surface area contributed by atoms with E-state index in [9.17, 15) is 9.59 Å². The van der Waals surface area contributed by atoms with Crippen LogP contribution in [-0.2, 0) is 11.3 Å². The van der Waals surface area contributed by atoms with Crippen molar-refractivity contribution < 1.29 is 9.53 Å². The van der Waals surface area contributed by atoms with Gasteiger partial charge in [0.2, 0.25) is 0 Å². The SMILES string of the molecule is CN(C)CCn1ncc(NCCOC(N)=O)c(Br)c1=O. The van der Waals surface area contributed by atoms with E-state index in [4.69, 9.17) is 5.73 Å². The first kappa shape index (κ1) is 16.4. The summed E-state index contributed by atoms with van der Waals surface area (Å²) in [5.41, 5.74) is 5.17. The minimum absolute atomic E-state index is 0.117. The number of likely N-dealkylation sites (N-methyl/N-ethyl adjacent to an activating group) is 1. The average Bonchev–Trinajstić information content (AvgIpc) is 2.37. The highest BCUT2D eigenvalue weighted by molar-refractivity contribution is 9.10. The first-order valence-electron chi connectivity index (χ1n) is 5.98. The highest BCUT2D eigenvalue weighted by atomic mass is 79.9. The van der Waals surface area contributed by atoms with Gasteiger partial charge in [0.25, 0.3) is 5.56 Å². The summed E-state index contributed by atoms with van der Waals surface area (Å²) in [6.45, 7) is 1.68. The number of carbonyl (C=O) groups is 1. The molecule has 112 valence electrons. The van der Waals surface area contributed by atoms with Crippen LogP contribution >= 0.6 is 15.9 Å². The van der Waals surface area contributed by atoms with E-state index in [1.54, 1.807) is 6.20 Å². The third-order valence-electron chi connectivity index (χ3n) is 2.41. The fourth-order valence-corrected chi connectivity index (χ4v) is 1.83. The lowest BCUT2D eigenvalue weighted by Crippen LogP contribution is -2.29. The summed E-state index contributed by atoms with van der Waals surface area (Å²) in [5.74, 6) is 0. The third-order valence-corrected chi connectivity index (χ3v) is 3.17. The summed E-state index contributed by atoms with van der Waals surface area (Å²) < 4.78 is 6.35. The molecule has 1 amide bonds. The van der Waals surface area contributed by atoms with E-state index in [2.05, 4.69) is 31.1 Å². The summed E-state index contributed by atoms with van der Waals surface area (Å²) in [4.78, 5) is 24.4. The van der Waals surface area contributed by atoms with Crippen LogP contribution in [0, 0.1) is 0 Å². The number of halogens is 1. The van der Waals surface area contributed by atoms with Crippen LogP contribution in [0.2, 0.25) is 0 Å². The topological polar surface area (TPSA) is 102 Å². The predicted molar refractivity (Wildman–Crippen MR) is 78.8 cm³/mol. The molecule has 0 aromatic carbocycles. The van der Waals surface area contributed by atoms with Gasteiger partial charge in [-0.1, -0.05) is 0 Å². The molecular formula is C11H18BrN5O3. The summed E-state index contributed by atoms with van der Waals surface area (Å²) in [7, 11) is 3.85. The Labute approximate surface area is 125 Å². The number of carbonyl (C=O) groups excluding carboxylic acids is 1. The maximum absolute atomic E-state index is 12.0. The van der Waals surface area contributed by atoms with E-state index in [-0.39, 0.29) is 12.2 Å². The van der Waals surface area contributed by atoms with Crippen molar-refractivity contribution in [2.75, 3.05) is 39.1 Å². The molecule has 9 heteroatoms. The summed E-state index contributed by atoms with van der Waals surface area (Å²) in [6.07, 6.45) is 0.717. The summed E-state index contributed by atoms with van der Waals surface area (Å²) in [5, 5.41) is 7.01. The fourth-order valence-electron chi connectivity index (χ4n) is 1.38. The molecule has 8 nitrogen and oxygen atoms in total. The number of aromatic nitrogens is 2. The van der Waals surface area contributed by atoms with Crippen molar-refractivity contribution >= 4 is 27.7 Å². The van der Waals surface area contributed by atoms with Crippen LogP contribution in [0.4, 0.5) is 10.5 Å². The third kappa shape index (κ3) is 5.17. The van der Waals surface area contributed by atoms with Crippen molar-refractivity contribution in [1.29, 1.82) is 0 Å². The number of ether oxygens (including phenoxy) is 1. The molecule has 0 atom stereocenters. The molecule has 0 saturated heterocycles. The van der Waals surface area contributed by atoms with Gasteiger partial charge in [-0.05, 0) is 30.0 Å². The van der Waals surface area contributed by atoms with Crippen molar-refractivity contribution in [2.45, 2.75) is 6.54 Å². The molecule has 3 N–H and O–H groups in total. The lowest BCUT2D eigenvalue weighted by Gasteiger charge is -2.12. The molecule has 0 spiro atoms. The van der Waals surface area contributed by atoms with Crippen molar-refractivity contribution in [2.24, 2.45) is 5.73 Å². The number of hydrogen-bond acceptors (Lipinski definition) is 6. The van der Waals surface area contributed by atoms with Gasteiger partial charge in [-0.25, -0.2) is 9.48 Å². The maximum atomic E-state index is 12.0. The largest absolute Gasteiger partial charge is 0.448 e. The lowest BCUT2D eigenvalue weighted by molar-refractivity contribution is 0.161. The van der Waals surface area contributed by atoms with Crippen LogP contribution in [0.15, 0.2) is 15.5 Å². The molecule has 0 aliphatic carbocycles. The Hall–Kier alpha value is -1.61. The fraction of sp³-hybridized carbons (Fsp3) is 0.545. The van der Waals surface area contributed by atoms with Crippen molar-refractivity contribution in [3.05, 3.63) is 21.0 Å². The Kier molecular flexibility index (Phi) is 6.46. The number of nitrogens with zero attached hydrogens (tertiary/aromatic N) is 3. The molecule has 0 aliphatic heterocycles. The molecule has 1 rings (SSSR count). The van der Waals surface area contributed by atoms with E-state index in [1.807, 2.05) is 19.0 Å². The minimum atomic E-state index is -0.830. The first-order valence-corrected chi connectivity index (χ1v) is 6.77. The minimum Gasteiger partial charge on any atom is -0.448 e. The van der Waals surface area contributed by atoms with E-state index >= 15 is 0 Å². The number of rotatable bonds is 7. The van der Waals surface area contributed by atoms with Gasteiger partial charge in [-0.3, -0.25) is 4.79 Å². The standard InChI is InChI=1S/C11H18BrN5O3/c1-16(2)4-5-17-10(18)9(12)8(7-15-17)14-3-6-20-11(13)19/h7,14H,3-6H2,1-2H3,(H2,13,19). The zero-order valence-corrected chi connectivity index (χ0v) is 13.0. The number of amides is 1. The highest BCUT2D eigenvalue weighted by Crippen LogP contribution is 2.15. The molecule has 1 aromatic heterocycles. The number of hydrogen-bond donors (Lipinski definition) is 2. The molecule has 0 fully saturated rings. The zero-order valence-electron chi connectivity index (χ0n) is 11.4. The second-order valence-corrected chi connectivity index (χ2v) is 5.09. The van der Waals surface area contributed by atoms with Gasteiger partial charge in [0.05, 0.1) is 18.4 Å². The predicted octanol–water partition coefficient (Wildman–Crippen LogP) is 0.0746. The van der Waals surface area contributed by atoms with E-state index in [1.165, 1.54) is 4.68 Å². The Morgan fingerprint density at radius 2 is 2.30 bits per heavy atom. The van der Waals surface area contributed by atoms with E-state index in [0.717, 1.165) is 6.54 Å². The molecule has 1 heterocycles. The number of nitrogens with one attached hydrogen (secondary N) is 1.